The molecule has 1 aromatic rings. The molecule has 0 nitrogen and oxygen atoms in total. The van der Waals surface area contributed by atoms with Crippen LogP contribution >= 0.6 is 0 Å². The zero-order valence-corrected chi connectivity index (χ0v) is 10.7. The molecule has 0 N–H and O–H groups in total. The molecule has 15 heavy (non-hydrogen) atoms. The number of aryl methyl sites for hydroxylation is 2. The molecule has 0 aromatic heterocycles. The summed E-state index contributed by atoms with van der Waals surface area (Å²) in [6.45, 7) is 15.1. The van der Waals surface area contributed by atoms with E-state index in [1.54, 1.807) is 0 Å². The first-order valence-corrected chi connectivity index (χ1v) is 5.60. The Morgan fingerprint density at radius 2 is 1.27 bits per heavy atom. The second-order valence-electron chi connectivity index (χ2n) is 3.89. The molecule has 1 rings (SSSR count). The highest BCUT2D eigenvalue weighted by Crippen LogP contribution is 2.24. The Hall–Kier alpha value is -0.780. The maximum Gasteiger partial charge on any atom is -0.0213 e. The maximum absolute atomic E-state index is 2.26. The van der Waals surface area contributed by atoms with Gasteiger partial charge in [0.2, 0.25) is 0 Å². The van der Waals surface area contributed by atoms with E-state index in [4.69, 9.17) is 0 Å². The lowest BCUT2D eigenvalue weighted by atomic mass is 9.91. The van der Waals surface area contributed by atoms with E-state index in [2.05, 4.69) is 46.8 Å². The Morgan fingerprint density at radius 3 is 1.60 bits per heavy atom. The first kappa shape index (κ1) is 16.6. The molecular formula is C15H28. The highest BCUT2D eigenvalue weighted by Gasteiger charge is 2.07. The first-order valence-electron chi connectivity index (χ1n) is 5.60. The Bertz CT molecular complexity index is 282. The molecule has 0 bridgehead atoms. The molecule has 0 atom stereocenters. The molecule has 0 aliphatic rings. The highest BCUT2D eigenvalue weighted by molar-refractivity contribution is 5.40. The molecule has 0 aliphatic carbocycles. The SMILES string of the molecule is C.CC.Cc1ccc(C)c(C(C)C)c1C. The van der Waals surface area contributed by atoms with Gasteiger partial charge in [-0.15, -0.1) is 0 Å². The minimum Gasteiger partial charge on any atom is -0.0776 e. The van der Waals surface area contributed by atoms with E-state index in [0.29, 0.717) is 5.92 Å². The largest absolute Gasteiger partial charge is 0.0776 e. The van der Waals surface area contributed by atoms with Crippen LogP contribution in [0.5, 0.6) is 0 Å². The topological polar surface area (TPSA) is 0 Å². The summed E-state index contributed by atoms with van der Waals surface area (Å²) in [4.78, 5) is 0. The van der Waals surface area contributed by atoms with Crippen LogP contribution in [0.1, 0.15) is 63.3 Å². The lowest BCUT2D eigenvalue weighted by Gasteiger charge is -2.15. The fourth-order valence-corrected chi connectivity index (χ4v) is 1.86. The van der Waals surface area contributed by atoms with Gasteiger partial charge in [-0.2, -0.15) is 0 Å². The van der Waals surface area contributed by atoms with Crippen molar-refractivity contribution in [2.45, 2.75) is 61.8 Å². The van der Waals surface area contributed by atoms with Gasteiger partial charge in [-0.1, -0.05) is 47.3 Å². The standard InChI is InChI=1S/C12H18.C2H6.CH4/c1-8(2)12-10(4)7-6-9(3)11(12)5;1-2;/h6-8H,1-5H3;1-2H3;1H4. The van der Waals surface area contributed by atoms with Gasteiger partial charge in [-0.25, -0.2) is 0 Å². The van der Waals surface area contributed by atoms with Crippen molar-refractivity contribution in [3.05, 3.63) is 34.4 Å². The van der Waals surface area contributed by atoms with Gasteiger partial charge in [-0.05, 0) is 48.9 Å². The van der Waals surface area contributed by atoms with E-state index in [9.17, 15) is 0 Å². The third-order valence-electron chi connectivity index (χ3n) is 2.58. The van der Waals surface area contributed by atoms with E-state index >= 15 is 0 Å². The summed E-state index contributed by atoms with van der Waals surface area (Å²) in [5.41, 5.74) is 5.82. The summed E-state index contributed by atoms with van der Waals surface area (Å²) in [5.74, 6) is 0.643. The third kappa shape index (κ3) is 4.07. The van der Waals surface area contributed by atoms with Crippen molar-refractivity contribution in [2.24, 2.45) is 0 Å². The van der Waals surface area contributed by atoms with Crippen LogP contribution in [0.2, 0.25) is 0 Å². The summed E-state index contributed by atoms with van der Waals surface area (Å²) in [6, 6.07) is 4.42. The Morgan fingerprint density at radius 1 is 0.867 bits per heavy atom. The fourth-order valence-electron chi connectivity index (χ4n) is 1.86. The van der Waals surface area contributed by atoms with Gasteiger partial charge >= 0.3 is 0 Å². The maximum atomic E-state index is 2.26. The van der Waals surface area contributed by atoms with E-state index in [-0.39, 0.29) is 7.43 Å². The number of rotatable bonds is 1. The summed E-state index contributed by atoms with van der Waals surface area (Å²) in [5, 5.41) is 0. The van der Waals surface area contributed by atoms with Crippen molar-refractivity contribution in [3.8, 4) is 0 Å². The molecule has 0 heterocycles. The van der Waals surface area contributed by atoms with Crippen molar-refractivity contribution in [2.75, 3.05) is 0 Å². The average Bonchev–Trinajstić information content (AvgIpc) is 2.15. The van der Waals surface area contributed by atoms with Gasteiger partial charge in [0.1, 0.15) is 0 Å². The molecular weight excluding hydrogens is 180 g/mol. The van der Waals surface area contributed by atoms with Crippen molar-refractivity contribution in [3.63, 3.8) is 0 Å². The fraction of sp³-hybridized carbons (Fsp3) is 0.600. The monoisotopic (exact) mass is 208 g/mol. The smallest absolute Gasteiger partial charge is 0.0213 e. The molecule has 0 amide bonds. The second-order valence-corrected chi connectivity index (χ2v) is 3.89. The third-order valence-corrected chi connectivity index (χ3v) is 2.58. The number of benzene rings is 1. The van der Waals surface area contributed by atoms with Crippen molar-refractivity contribution < 1.29 is 0 Å². The summed E-state index contributed by atoms with van der Waals surface area (Å²) < 4.78 is 0. The van der Waals surface area contributed by atoms with Crippen LogP contribution in [0.4, 0.5) is 0 Å². The van der Waals surface area contributed by atoms with Gasteiger partial charge in [0.05, 0.1) is 0 Å². The molecule has 0 saturated carbocycles. The van der Waals surface area contributed by atoms with E-state index in [1.807, 2.05) is 13.8 Å². The molecule has 1 aromatic carbocycles. The predicted octanol–water partition coefficient (Wildman–Crippen LogP) is 5.40. The lowest BCUT2D eigenvalue weighted by molar-refractivity contribution is 0.843. The number of hydrogen-bond donors (Lipinski definition) is 0. The highest BCUT2D eigenvalue weighted by atomic mass is 14.1. The average molecular weight is 208 g/mol. The van der Waals surface area contributed by atoms with Crippen LogP contribution in [-0.2, 0) is 0 Å². The van der Waals surface area contributed by atoms with Gasteiger partial charge < -0.3 is 0 Å². The molecule has 0 aliphatic heterocycles. The summed E-state index contributed by atoms with van der Waals surface area (Å²) >= 11 is 0. The van der Waals surface area contributed by atoms with Crippen molar-refractivity contribution in [1.29, 1.82) is 0 Å². The molecule has 0 unspecified atom stereocenters. The Balaban J connectivity index is 0. The zero-order chi connectivity index (χ0) is 11.3. The van der Waals surface area contributed by atoms with Crippen LogP contribution < -0.4 is 0 Å². The van der Waals surface area contributed by atoms with E-state index in [1.165, 1.54) is 22.3 Å². The van der Waals surface area contributed by atoms with Crippen LogP contribution in [-0.4, -0.2) is 0 Å². The van der Waals surface area contributed by atoms with Crippen LogP contribution in [0, 0.1) is 20.8 Å². The van der Waals surface area contributed by atoms with Crippen LogP contribution in [0.3, 0.4) is 0 Å². The van der Waals surface area contributed by atoms with Crippen LogP contribution in [0.15, 0.2) is 12.1 Å². The molecule has 0 fully saturated rings. The van der Waals surface area contributed by atoms with E-state index < -0.39 is 0 Å². The Kier molecular flexibility index (Phi) is 8.33. The van der Waals surface area contributed by atoms with Gasteiger partial charge in [0.25, 0.3) is 0 Å². The minimum absolute atomic E-state index is 0. The van der Waals surface area contributed by atoms with Crippen molar-refractivity contribution in [1.82, 2.24) is 0 Å². The predicted molar refractivity (Wildman–Crippen MR) is 72.8 cm³/mol. The lowest BCUT2D eigenvalue weighted by Crippen LogP contribution is -1.97. The molecule has 0 saturated heterocycles. The molecule has 0 spiro atoms. The number of hydrogen-bond acceptors (Lipinski definition) is 0. The van der Waals surface area contributed by atoms with Crippen molar-refractivity contribution >= 4 is 0 Å². The first-order chi connectivity index (χ1) is 6.54. The Labute approximate surface area is 96.7 Å². The molecule has 0 radical (unpaired) electrons. The van der Waals surface area contributed by atoms with Crippen LogP contribution in [0.25, 0.3) is 0 Å². The van der Waals surface area contributed by atoms with E-state index in [0.717, 1.165) is 0 Å². The normalized spacial score (nSPS) is 9.07. The zero-order valence-electron chi connectivity index (χ0n) is 10.7. The summed E-state index contributed by atoms with van der Waals surface area (Å²) in [6.07, 6.45) is 0. The minimum atomic E-state index is 0. The molecule has 0 heteroatoms. The quantitative estimate of drug-likeness (QED) is 0.580. The van der Waals surface area contributed by atoms with Gasteiger partial charge in [-0.3, -0.25) is 0 Å². The summed E-state index contributed by atoms with van der Waals surface area (Å²) in [7, 11) is 0. The van der Waals surface area contributed by atoms with Gasteiger partial charge in [0, 0.05) is 0 Å². The molecule has 88 valence electrons. The van der Waals surface area contributed by atoms with Gasteiger partial charge in [0.15, 0.2) is 0 Å². The second kappa shape index (κ2) is 7.50.